The van der Waals surface area contributed by atoms with Gasteiger partial charge in [-0.25, -0.2) is 0 Å². The van der Waals surface area contributed by atoms with Gasteiger partial charge in [0.1, 0.15) is 0 Å². The van der Waals surface area contributed by atoms with Crippen molar-refractivity contribution in [3.05, 3.63) is 58.1 Å². The summed E-state index contributed by atoms with van der Waals surface area (Å²) in [6.45, 7) is 3.91. The quantitative estimate of drug-likeness (QED) is 0.753. The van der Waals surface area contributed by atoms with E-state index in [0.717, 1.165) is 4.90 Å². The molecule has 0 unspecified atom stereocenters. The van der Waals surface area contributed by atoms with Gasteiger partial charge in [-0.3, -0.25) is 4.79 Å². The zero-order valence-corrected chi connectivity index (χ0v) is 14.0. The molecule has 2 aromatic carbocycles. The Balaban J connectivity index is 1.98. The van der Waals surface area contributed by atoms with E-state index < -0.39 is 0 Å². The van der Waals surface area contributed by atoms with E-state index in [-0.39, 0.29) is 11.2 Å². The summed E-state index contributed by atoms with van der Waals surface area (Å²) in [5.41, 5.74) is 1.85. The van der Waals surface area contributed by atoms with Gasteiger partial charge in [-0.05, 0) is 44.2 Å². The van der Waals surface area contributed by atoms with Crippen LogP contribution < -0.4 is 5.32 Å². The van der Waals surface area contributed by atoms with Crippen LogP contribution in [0.5, 0.6) is 0 Å². The van der Waals surface area contributed by atoms with E-state index in [9.17, 15) is 4.79 Å². The lowest BCUT2D eigenvalue weighted by atomic mass is 10.2. The Morgan fingerprint density at radius 3 is 2.38 bits per heavy atom. The number of hydrogen-bond donors (Lipinski definition) is 1. The van der Waals surface area contributed by atoms with Crippen molar-refractivity contribution in [1.29, 1.82) is 0 Å². The summed E-state index contributed by atoms with van der Waals surface area (Å²) in [7, 11) is 0. The second-order valence-corrected chi connectivity index (χ2v) is 6.92. The van der Waals surface area contributed by atoms with Gasteiger partial charge in [-0.15, -0.1) is 11.8 Å². The molecule has 5 heteroatoms. The van der Waals surface area contributed by atoms with Crippen LogP contribution in [0.3, 0.4) is 0 Å². The van der Waals surface area contributed by atoms with Crippen molar-refractivity contribution >= 4 is 46.6 Å². The Morgan fingerprint density at radius 1 is 1.10 bits per heavy atom. The monoisotopic (exact) mass is 339 g/mol. The van der Waals surface area contributed by atoms with E-state index >= 15 is 0 Å². The average molecular weight is 340 g/mol. The molecule has 0 saturated carbocycles. The van der Waals surface area contributed by atoms with Crippen LogP contribution in [-0.2, 0) is 4.79 Å². The number of benzene rings is 2. The van der Waals surface area contributed by atoms with Crippen molar-refractivity contribution in [2.45, 2.75) is 24.0 Å². The minimum absolute atomic E-state index is 0.0704. The van der Waals surface area contributed by atoms with Crippen molar-refractivity contribution in [2.75, 3.05) is 5.32 Å². The van der Waals surface area contributed by atoms with Crippen LogP contribution in [0.25, 0.3) is 0 Å². The summed E-state index contributed by atoms with van der Waals surface area (Å²) in [5.74, 6) is -0.0704. The molecule has 110 valence electrons. The fourth-order valence-electron chi connectivity index (χ4n) is 1.69. The largest absolute Gasteiger partial charge is 0.325 e. The highest BCUT2D eigenvalue weighted by Gasteiger charge is 2.15. The van der Waals surface area contributed by atoms with Gasteiger partial charge in [0, 0.05) is 10.6 Å². The number of carbonyl (C=O) groups excluding carboxylic acids is 1. The molecule has 2 rings (SSSR count). The van der Waals surface area contributed by atoms with Gasteiger partial charge in [-0.1, -0.05) is 40.9 Å². The second kappa shape index (κ2) is 7.21. The molecule has 2 aromatic rings. The maximum Gasteiger partial charge on any atom is 0.237 e. The minimum Gasteiger partial charge on any atom is -0.325 e. The van der Waals surface area contributed by atoms with Crippen LogP contribution in [0, 0.1) is 6.92 Å². The molecular weight excluding hydrogens is 325 g/mol. The fourth-order valence-corrected chi connectivity index (χ4v) is 2.86. The van der Waals surface area contributed by atoms with Crippen molar-refractivity contribution < 1.29 is 4.79 Å². The van der Waals surface area contributed by atoms with Gasteiger partial charge in [0.15, 0.2) is 0 Å². The van der Waals surface area contributed by atoms with Crippen LogP contribution in [0.1, 0.15) is 12.5 Å². The first-order valence-corrected chi connectivity index (χ1v) is 8.08. The fraction of sp³-hybridized carbons (Fsp3) is 0.188. The van der Waals surface area contributed by atoms with Crippen molar-refractivity contribution in [1.82, 2.24) is 0 Å². The van der Waals surface area contributed by atoms with Gasteiger partial charge in [0.2, 0.25) is 5.91 Å². The third kappa shape index (κ3) is 4.67. The SMILES string of the molecule is Cc1ccc(S[C@@H](C)C(=O)Nc2ccc(Cl)c(Cl)c2)cc1. The van der Waals surface area contributed by atoms with Crippen LogP contribution in [0.2, 0.25) is 10.0 Å². The van der Waals surface area contributed by atoms with Crippen LogP contribution in [-0.4, -0.2) is 11.2 Å². The maximum atomic E-state index is 12.2. The average Bonchev–Trinajstić information content (AvgIpc) is 2.45. The standard InChI is InChI=1S/C16H15Cl2NOS/c1-10-3-6-13(7-4-10)21-11(2)16(20)19-12-5-8-14(17)15(18)9-12/h3-9,11H,1-2H3,(H,19,20)/t11-/m0/s1. The van der Waals surface area contributed by atoms with E-state index in [1.54, 1.807) is 18.2 Å². The van der Waals surface area contributed by atoms with E-state index in [1.165, 1.54) is 17.3 Å². The van der Waals surface area contributed by atoms with Crippen molar-refractivity contribution in [2.24, 2.45) is 0 Å². The number of rotatable bonds is 4. The molecule has 0 bridgehead atoms. The summed E-state index contributed by atoms with van der Waals surface area (Å²) in [4.78, 5) is 13.2. The molecule has 0 radical (unpaired) electrons. The normalized spacial score (nSPS) is 12.0. The number of halogens is 2. The number of carbonyl (C=O) groups is 1. The Hall–Kier alpha value is -1.16. The number of nitrogens with one attached hydrogen (secondary N) is 1. The molecule has 0 aliphatic carbocycles. The molecular formula is C16H15Cl2NOS. The number of anilines is 1. The molecule has 0 saturated heterocycles. The van der Waals surface area contributed by atoms with Gasteiger partial charge in [0.05, 0.1) is 15.3 Å². The van der Waals surface area contributed by atoms with Gasteiger partial charge in [0.25, 0.3) is 0 Å². The smallest absolute Gasteiger partial charge is 0.237 e. The van der Waals surface area contributed by atoms with Gasteiger partial charge >= 0.3 is 0 Å². The zero-order valence-electron chi connectivity index (χ0n) is 11.7. The number of aryl methyl sites for hydroxylation is 1. The zero-order chi connectivity index (χ0) is 15.4. The third-order valence-corrected chi connectivity index (χ3v) is 4.74. The first kappa shape index (κ1) is 16.2. The number of amides is 1. The lowest BCUT2D eigenvalue weighted by Crippen LogP contribution is -2.22. The topological polar surface area (TPSA) is 29.1 Å². The molecule has 1 atom stereocenters. The van der Waals surface area contributed by atoms with Gasteiger partial charge < -0.3 is 5.32 Å². The Morgan fingerprint density at radius 2 is 1.76 bits per heavy atom. The predicted octanol–water partition coefficient (Wildman–Crippen LogP) is 5.42. The molecule has 1 amide bonds. The van der Waals surface area contributed by atoms with Crippen molar-refractivity contribution in [3.8, 4) is 0 Å². The molecule has 0 aliphatic rings. The maximum absolute atomic E-state index is 12.2. The van der Waals surface area contributed by atoms with Crippen LogP contribution >= 0.6 is 35.0 Å². The summed E-state index contributed by atoms with van der Waals surface area (Å²) < 4.78 is 0. The summed E-state index contributed by atoms with van der Waals surface area (Å²) in [6, 6.07) is 13.1. The number of hydrogen-bond acceptors (Lipinski definition) is 2. The summed E-state index contributed by atoms with van der Waals surface area (Å²) in [5, 5.41) is 3.53. The molecule has 2 nitrogen and oxygen atoms in total. The number of thioether (sulfide) groups is 1. The third-order valence-electron chi connectivity index (χ3n) is 2.89. The lowest BCUT2D eigenvalue weighted by Gasteiger charge is -2.12. The molecule has 1 N–H and O–H groups in total. The first-order valence-electron chi connectivity index (χ1n) is 6.45. The first-order chi connectivity index (χ1) is 9.95. The van der Waals surface area contributed by atoms with Crippen molar-refractivity contribution in [3.63, 3.8) is 0 Å². The van der Waals surface area contributed by atoms with E-state index in [2.05, 4.69) is 5.32 Å². The summed E-state index contributed by atoms with van der Waals surface area (Å²) >= 11 is 13.3. The molecule has 0 aromatic heterocycles. The highest BCUT2D eigenvalue weighted by atomic mass is 35.5. The molecule has 0 fully saturated rings. The lowest BCUT2D eigenvalue weighted by molar-refractivity contribution is -0.115. The highest BCUT2D eigenvalue weighted by Crippen LogP contribution is 2.27. The minimum atomic E-state index is -0.206. The second-order valence-electron chi connectivity index (χ2n) is 4.69. The molecule has 21 heavy (non-hydrogen) atoms. The molecule has 0 spiro atoms. The Labute approximate surface area is 138 Å². The summed E-state index contributed by atoms with van der Waals surface area (Å²) in [6.07, 6.45) is 0. The highest BCUT2D eigenvalue weighted by molar-refractivity contribution is 8.00. The Bertz CT molecular complexity index is 643. The van der Waals surface area contributed by atoms with Crippen LogP contribution in [0.4, 0.5) is 5.69 Å². The van der Waals surface area contributed by atoms with E-state index in [0.29, 0.717) is 15.7 Å². The van der Waals surface area contributed by atoms with Crippen LogP contribution in [0.15, 0.2) is 47.4 Å². The predicted molar refractivity (Wildman–Crippen MR) is 91.6 cm³/mol. The van der Waals surface area contributed by atoms with Gasteiger partial charge in [-0.2, -0.15) is 0 Å². The van der Waals surface area contributed by atoms with E-state index in [4.69, 9.17) is 23.2 Å². The molecule has 0 aliphatic heterocycles. The van der Waals surface area contributed by atoms with E-state index in [1.807, 2.05) is 38.1 Å². The molecule has 0 heterocycles. The Kier molecular flexibility index (Phi) is 5.57.